The zero-order chi connectivity index (χ0) is 14.3. The first kappa shape index (κ1) is 16.0. The molecule has 0 spiro atoms. The number of hydrogen-bond donors (Lipinski definition) is 1. The maximum atomic E-state index is 12.4. The van der Waals surface area contributed by atoms with Crippen LogP contribution in [0.15, 0.2) is 0 Å². The molecule has 1 rings (SSSR count). The van der Waals surface area contributed by atoms with Crippen molar-refractivity contribution < 1.29 is 14.7 Å². The smallest absolute Gasteiger partial charge is 0.326 e. The molecule has 1 saturated heterocycles. The summed E-state index contributed by atoms with van der Waals surface area (Å²) in [5.41, 5.74) is 0. The quantitative estimate of drug-likeness (QED) is 0.834. The van der Waals surface area contributed by atoms with Gasteiger partial charge in [-0.05, 0) is 19.3 Å². The van der Waals surface area contributed by atoms with Crippen molar-refractivity contribution in [1.82, 2.24) is 4.90 Å². The summed E-state index contributed by atoms with van der Waals surface area (Å²) >= 11 is 0. The van der Waals surface area contributed by atoms with Gasteiger partial charge in [0.1, 0.15) is 6.04 Å². The molecule has 0 saturated carbocycles. The first-order valence-electron chi connectivity index (χ1n) is 7.61. The molecule has 1 amide bonds. The molecule has 110 valence electrons. The monoisotopic (exact) mass is 269 g/mol. The van der Waals surface area contributed by atoms with Gasteiger partial charge in [-0.1, -0.05) is 46.0 Å². The van der Waals surface area contributed by atoms with Crippen LogP contribution >= 0.6 is 0 Å². The molecule has 1 N–H and O–H groups in total. The Morgan fingerprint density at radius 1 is 1.26 bits per heavy atom. The van der Waals surface area contributed by atoms with E-state index in [9.17, 15) is 14.7 Å². The van der Waals surface area contributed by atoms with E-state index in [0.717, 1.165) is 44.9 Å². The number of carboxylic acid groups (broad SMARTS) is 1. The van der Waals surface area contributed by atoms with E-state index in [-0.39, 0.29) is 11.8 Å². The lowest BCUT2D eigenvalue weighted by Crippen LogP contribution is -2.48. The van der Waals surface area contributed by atoms with E-state index < -0.39 is 12.0 Å². The average Bonchev–Trinajstić information content (AvgIpc) is 2.34. The van der Waals surface area contributed by atoms with E-state index in [1.54, 1.807) is 4.90 Å². The predicted octanol–water partition coefficient (Wildman–Crippen LogP) is 3.06. The molecule has 0 aromatic carbocycles. The highest BCUT2D eigenvalue weighted by atomic mass is 16.4. The van der Waals surface area contributed by atoms with Crippen LogP contribution in [0, 0.1) is 5.92 Å². The van der Waals surface area contributed by atoms with Crippen LogP contribution < -0.4 is 0 Å². The lowest BCUT2D eigenvalue weighted by Gasteiger charge is -2.33. The number of aliphatic carboxylic acids is 1. The maximum absolute atomic E-state index is 12.4. The minimum atomic E-state index is -0.849. The summed E-state index contributed by atoms with van der Waals surface area (Å²) < 4.78 is 0. The van der Waals surface area contributed by atoms with Crippen LogP contribution in [0.25, 0.3) is 0 Å². The van der Waals surface area contributed by atoms with Crippen LogP contribution in [-0.4, -0.2) is 34.5 Å². The molecule has 19 heavy (non-hydrogen) atoms. The normalized spacial score (nSPS) is 22.4. The molecule has 4 nitrogen and oxygen atoms in total. The van der Waals surface area contributed by atoms with Gasteiger partial charge in [0, 0.05) is 12.5 Å². The van der Waals surface area contributed by atoms with Crippen molar-refractivity contribution in [3.63, 3.8) is 0 Å². The van der Waals surface area contributed by atoms with E-state index in [1.807, 2.05) is 6.92 Å². The third-order valence-electron chi connectivity index (χ3n) is 3.98. The first-order chi connectivity index (χ1) is 9.07. The first-order valence-corrected chi connectivity index (χ1v) is 7.61. The zero-order valence-corrected chi connectivity index (χ0v) is 12.2. The second-order valence-corrected chi connectivity index (χ2v) is 5.63. The largest absolute Gasteiger partial charge is 0.480 e. The van der Waals surface area contributed by atoms with E-state index >= 15 is 0 Å². The fourth-order valence-electron chi connectivity index (χ4n) is 2.72. The fraction of sp³-hybridized carbons (Fsp3) is 0.867. The fourth-order valence-corrected chi connectivity index (χ4v) is 2.72. The minimum Gasteiger partial charge on any atom is -0.480 e. The Bertz CT molecular complexity index is 304. The van der Waals surface area contributed by atoms with Crippen LogP contribution in [0.1, 0.15) is 65.2 Å². The third-order valence-corrected chi connectivity index (χ3v) is 3.98. The highest BCUT2D eigenvalue weighted by Gasteiger charge is 2.31. The molecule has 1 fully saturated rings. The minimum absolute atomic E-state index is 0.0303. The Hall–Kier alpha value is -1.06. The molecule has 4 heteroatoms. The molecule has 0 bridgehead atoms. The van der Waals surface area contributed by atoms with Gasteiger partial charge in [-0.15, -0.1) is 0 Å². The molecule has 2 atom stereocenters. The topological polar surface area (TPSA) is 57.6 Å². The van der Waals surface area contributed by atoms with Gasteiger partial charge in [0.05, 0.1) is 0 Å². The summed E-state index contributed by atoms with van der Waals surface area (Å²) in [5, 5.41) is 9.34. The Labute approximate surface area is 116 Å². The standard InChI is InChI=1S/C15H27NO3/c1-3-4-9-12(2)14(17)16-11-8-6-5-7-10-13(16)15(18)19/h12-13H,3-11H2,1-2H3,(H,18,19). The molecule has 1 aliphatic rings. The highest BCUT2D eigenvalue weighted by Crippen LogP contribution is 2.21. The van der Waals surface area contributed by atoms with Gasteiger partial charge >= 0.3 is 5.97 Å². The van der Waals surface area contributed by atoms with Gasteiger partial charge in [0.15, 0.2) is 0 Å². The van der Waals surface area contributed by atoms with Crippen molar-refractivity contribution in [2.75, 3.05) is 6.54 Å². The molecule has 1 heterocycles. The van der Waals surface area contributed by atoms with Crippen molar-refractivity contribution in [2.45, 2.75) is 71.3 Å². The van der Waals surface area contributed by atoms with Crippen molar-refractivity contribution in [3.8, 4) is 0 Å². The second kappa shape index (κ2) is 8.18. The van der Waals surface area contributed by atoms with E-state index in [4.69, 9.17) is 0 Å². The molecular weight excluding hydrogens is 242 g/mol. The van der Waals surface area contributed by atoms with Gasteiger partial charge in [-0.2, -0.15) is 0 Å². The predicted molar refractivity (Wildman–Crippen MR) is 74.9 cm³/mol. The van der Waals surface area contributed by atoms with Gasteiger partial charge < -0.3 is 10.0 Å². The molecule has 0 aromatic heterocycles. The highest BCUT2D eigenvalue weighted by molar-refractivity contribution is 5.84. The molecule has 0 aliphatic carbocycles. The lowest BCUT2D eigenvalue weighted by molar-refractivity contribution is -0.152. The van der Waals surface area contributed by atoms with Gasteiger partial charge in [-0.25, -0.2) is 4.79 Å². The van der Waals surface area contributed by atoms with Crippen LogP contribution in [0.2, 0.25) is 0 Å². The number of carbonyl (C=O) groups excluding carboxylic acids is 1. The number of carboxylic acids is 1. The summed E-state index contributed by atoms with van der Waals surface area (Å²) in [7, 11) is 0. The SMILES string of the molecule is CCCCC(C)C(=O)N1CCCCCCC1C(=O)O. The molecule has 0 radical (unpaired) electrons. The summed E-state index contributed by atoms with van der Waals surface area (Å²) in [6.45, 7) is 4.63. The van der Waals surface area contributed by atoms with Crippen molar-refractivity contribution >= 4 is 11.9 Å². The number of rotatable bonds is 5. The summed E-state index contributed by atoms with van der Waals surface area (Å²) in [6.07, 6.45) is 7.56. The average molecular weight is 269 g/mol. The Morgan fingerprint density at radius 3 is 2.58 bits per heavy atom. The number of amides is 1. The molecule has 0 aromatic rings. The number of hydrogen-bond acceptors (Lipinski definition) is 2. The summed E-state index contributed by atoms with van der Waals surface area (Å²) in [6, 6.07) is -0.614. The number of likely N-dealkylation sites (tertiary alicyclic amines) is 1. The number of unbranched alkanes of at least 4 members (excludes halogenated alkanes) is 1. The van der Waals surface area contributed by atoms with Crippen molar-refractivity contribution in [3.05, 3.63) is 0 Å². The maximum Gasteiger partial charge on any atom is 0.326 e. The van der Waals surface area contributed by atoms with Crippen LogP contribution in [0.5, 0.6) is 0 Å². The van der Waals surface area contributed by atoms with Crippen molar-refractivity contribution in [1.29, 1.82) is 0 Å². The van der Waals surface area contributed by atoms with Gasteiger partial charge in [-0.3, -0.25) is 4.79 Å². The Balaban J connectivity index is 2.71. The lowest BCUT2D eigenvalue weighted by atomic mass is 9.97. The number of nitrogens with zero attached hydrogens (tertiary/aromatic N) is 1. The Kier molecular flexibility index (Phi) is 6.89. The Morgan fingerprint density at radius 2 is 1.95 bits per heavy atom. The van der Waals surface area contributed by atoms with E-state index in [1.165, 1.54) is 0 Å². The van der Waals surface area contributed by atoms with E-state index in [0.29, 0.717) is 13.0 Å². The molecule has 2 unspecified atom stereocenters. The van der Waals surface area contributed by atoms with Crippen LogP contribution in [0.4, 0.5) is 0 Å². The van der Waals surface area contributed by atoms with Crippen LogP contribution in [-0.2, 0) is 9.59 Å². The second-order valence-electron chi connectivity index (χ2n) is 5.63. The molecule has 1 aliphatic heterocycles. The van der Waals surface area contributed by atoms with Crippen LogP contribution in [0.3, 0.4) is 0 Å². The van der Waals surface area contributed by atoms with Gasteiger partial charge in [0.25, 0.3) is 0 Å². The molecular formula is C15H27NO3. The zero-order valence-electron chi connectivity index (χ0n) is 12.2. The van der Waals surface area contributed by atoms with Gasteiger partial charge in [0.2, 0.25) is 5.91 Å². The summed E-state index contributed by atoms with van der Waals surface area (Å²) in [4.78, 5) is 25.5. The van der Waals surface area contributed by atoms with Crippen molar-refractivity contribution in [2.24, 2.45) is 5.92 Å². The third kappa shape index (κ3) is 4.84. The summed E-state index contributed by atoms with van der Waals surface area (Å²) in [5.74, 6) is -0.873. The van der Waals surface area contributed by atoms with E-state index in [2.05, 4.69) is 6.92 Å². The number of carbonyl (C=O) groups is 2.